The monoisotopic (exact) mass is 293 g/mol. The Morgan fingerprint density at radius 2 is 1.50 bits per heavy atom. The van der Waals surface area contributed by atoms with Crippen molar-refractivity contribution in [3.8, 4) is 16.9 Å². The first kappa shape index (κ1) is 14.1. The van der Waals surface area contributed by atoms with E-state index >= 15 is 0 Å². The van der Waals surface area contributed by atoms with Gasteiger partial charge in [-0.05, 0) is 29.8 Å². The van der Waals surface area contributed by atoms with Gasteiger partial charge >= 0.3 is 0 Å². The van der Waals surface area contributed by atoms with E-state index in [0.29, 0.717) is 12.1 Å². The van der Waals surface area contributed by atoms with E-state index in [2.05, 4.69) is 5.32 Å². The highest BCUT2D eigenvalue weighted by atomic mass is 19.1. The number of halogens is 1. The van der Waals surface area contributed by atoms with Crippen LogP contribution < -0.4 is 5.32 Å². The van der Waals surface area contributed by atoms with Crippen LogP contribution in [0.2, 0.25) is 0 Å². The summed E-state index contributed by atoms with van der Waals surface area (Å²) in [5, 5.41) is 13.0. The summed E-state index contributed by atoms with van der Waals surface area (Å²) in [6.45, 7) is 0.533. The molecule has 22 heavy (non-hydrogen) atoms. The summed E-state index contributed by atoms with van der Waals surface area (Å²) < 4.78 is 13.7. The number of aromatic hydroxyl groups is 1. The molecule has 3 aromatic rings. The lowest BCUT2D eigenvalue weighted by Crippen LogP contribution is -1.99. The Hall–Kier alpha value is -2.81. The highest BCUT2D eigenvalue weighted by Gasteiger charge is 2.04. The summed E-state index contributed by atoms with van der Waals surface area (Å²) in [6, 6.07) is 21.5. The maximum Gasteiger partial charge on any atom is 0.131 e. The molecule has 0 spiro atoms. The van der Waals surface area contributed by atoms with Crippen LogP contribution in [0.25, 0.3) is 11.1 Å². The van der Waals surface area contributed by atoms with Gasteiger partial charge in [0.25, 0.3) is 0 Å². The van der Waals surface area contributed by atoms with Crippen LogP contribution in [-0.2, 0) is 6.54 Å². The van der Waals surface area contributed by atoms with E-state index in [1.165, 1.54) is 6.07 Å². The van der Waals surface area contributed by atoms with Gasteiger partial charge in [0, 0.05) is 23.4 Å². The van der Waals surface area contributed by atoms with E-state index in [4.69, 9.17) is 0 Å². The zero-order chi connectivity index (χ0) is 15.4. The lowest BCUT2D eigenvalue weighted by Gasteiger charge is -2.09. The maximum absolute atomic E-state index is 13.7. The maximum atomic E-state index is 13.7. The minimum atomic E-state index is -0.225. The third kappa shape index (κ3) is 3.09. The number of phenols is 1. The highest BCUT2D eigenvalue weighted by Crippen LogP contribution is 2.24. The molecular formula is C19H16FNO. The van der Waals surface area contributed by atoms with Gasteiger partial charge in [-0.25, -0.2) is 4.39 Å². The van der Waals surface area contributed by atoms with Crippen molar-refractivity contribution in [3.63, 3.8) is 0 Å². The first-order valence-corrected chi connectivity index (χ1v) is 7.10. The summed E-state index contributed by atoms with van der Waals surface area (Å²) in [5.74, 6) is 0.0513. The predicted octanol–water partition coefficient (Wildman–Crippen LogP) is 4.81. The number of benzene rings is 3. The zero-order valence-electron chi connectivity index (χ0n) is 12.0. The van der Waals surface area contributed by atoms with Crippen LogP contribution in [-0.4, -0.2) is 5.11 Å². The van der Waals surface area contributed by atoms with Gasteiger partial charge in [-0.3, -0.25) is 0 Å². The number of hydrogen-bond acceptors (Lipinski definition) is 2. The number of phenolic OH excluding ortho intramolecular Hbond substituents is 1. The van der Waals surface area contributed by atoms with Crippen molar-refractivity contribution in [2.75, 3.05) is 5.32 Å². The van der Waals surface area contributed by atoms with Gasteiger partial charge in [0.05, 0.1) is 0 Å². The Kier molecular flexibility index (Phi) is 4.05. The zero-order valence-corrected chi connectivity index (χ0v) is 12.0. The average molecular weight is 293 g/mol. The van der Waals surface area contributed by atoms with Crippen LogP contribution in [0.4, 0.5) is 10.1 Å². The smallest absolute Gasteiger partial charge is 0.131 e. The molecule has 0 unspecified atom stereocenters. The minimum absolute atomic E-state index is 0.225. The van der Waals surface area contributed by atoms with Crippen molar-refractivity contribution in [3.05, 3.63) is 84.2 Å². The van der Waals surface area contributed by atoms with Gasteiger partial charge in [-0.1, -0.05) is 48.5 Å². The van der Waals surface area contributed by atoms with Crippen molar-refractivity contribution < 1.29 is 9.50 Å². The molecule has 3 aromatic carbocycles. The Bertz CT molecular complexity index is 768. The van der Waals surface area contributed by atoms with Crippen LogP contribution in [0.5, 0.6) is 5.75 Å². The van der Waals surface area contributed by atoms with Crippen molar-refractivity contribution in [2.24, 2.45) is 0 Å². The molecule has 0 fully saturated rings. The molecule has 0 aliphatic rings. The molecule has 0 atom stereocenters. The van der Waals surface area contributed by atoms with Gasteiger partial charge in [0.2, 0.25) is 0 Å². The van der Waals surface area contributed by atoms with E-state index in [9.17, 15) is 9.50 Å². The molecule has 0 saturated carbocycles. The first-order chi connectivity index (χ1) is 10.7. The van der Waals surface area contributed by atoms with Gasteiger partial charge < -0.3 is 10.4 Å². The van der Waals surface area contributed by atoms with E-state index in [0.717, 1.165) is 16.8 Å². The molecule has 0 amide bonds. The molecule has 0 aromatic heterocycles. The third-order valence-electron chi connectivity index (χ3n) is 3.54. The van der Waals surface area contributed by atoms with Gasteiger partial charge in [-0.2, -0.15) is 0 Å². The minimum Gasteiger partial charge on any atom is -0.508 e. The summed E-state index contributed by atoms with van der Waals surface area (Å²) in [7, 11) is 0. The lowest BCUT2D eigenvalue weighted by molar-refractivity contribution is 0.469. The molecular weight excluding hydrogens is 277 g/mol. The number of hydrogen-bond donors (Lipinski definition) is 2. The fourth-order valence-corrected chi connectivity index (χ4v) is 2.32. The Labute approximate surface area is 128 Å². The summed E-state index contributed by atoms with van der Waals surface area (Å²) in [5.41, 5.74) is 3.19. The molecule has 0 saturated heterocycles. The van der Waals surface area contributed by atoms with Crippen molar-refractivity contribution >= 4 is 5.69 Å². The number of rotatable bonds is 4. The average Bonchev–Trinajstić information content (AvgIpc) is 2.55. The number of nitrogens with one attached hydrogen (secondary N) is 1. The Balaban J connectivity index is 1.72. The highest BCUT2D eigenvalue weighted by molar-refractivity contribution is 5.66. The SMILES string of the molecule is Oc1ccccc1CNc1ccc(-c2ccccc2F)cc1. The van der Waals surface area contributed by atoms with E-state index in [1.54, 1.807) is 24.3 Å². The van der Waals surface area contributed by atoms with Crippen molar-refractivity contribution in [2.45, 2.75) is 6.54 Å². The second-order valence-corrected chi connectivity index (χ2v) is 5.04. The van der Waals surface area contributed by atoms with Gasteiger partial charge in [0.15, 0.2) is 0 Å². The quantitative estimate of drug-likeness (QED) is 0.723. The fraction of sp³-hybridized carbons (Fsp3) is 0.0526. The fourth-order valence-electron chi connectivity index (χ4n) is 2.32. The molecule has 0 radical (unpaired) electrons. The standard InChI is InChI=1S/C19H16FNO/c20-18-7-3-2-6-17(18)14-9-11-16(12-10-14)21-13-15-5-1-4-8-19(15)22/h1-12,21-22H,13H2. The summed E-state index contributed by atoms with van der Waals surface area (Å²) in [6.07, 6.45) is 0. The lowest BCUT2D eigenvalue weighted by atomic mass is 10.0. The number of anilines is 1. The van der Waals surface area contributed by atoms with Gasteiger partial charge in [-0.15, -0.1) is 0 Å². The van der Waals surface area contributed by atoms with Crippen LogP contribution in [0, 0.1) is 5.82 Å². The molecule has 3 rings (SSSR count). The first-order valence-electron chi connectivity index (χ1n) is 7.10. The van der Waals surface area contributed by atoms with Crippen molar-refractivity contribution in [1.29, 1.82) is 0 Å². The summed E-state index contributed by atoms with van der Waals surface area (Å²) >= 11 is 0. The molecule has 0 heterocycles. The largest absolute Gasteiger partial charge is 0.508 e. The number of para-hydroxylation sites is 1. The molecule has 110 valence electrons. The van der Waals surface area contributed by atoms with Crippen LogP contribution >= 0.6 is 0 Å². The molecule has 2 N–H and O–H groups in total. The van der Waals surface area contributed by atoms with Gasteiger partial charge in [0.1, 0.15) is 11.6 Å². The van der Waals surface area contributed by atoms with E-state index in [1.807, 2.05) is 42.5 Å². The van der Waals surface area contributed by atoms with E-state index in [-0.39, 0.29) is 11.6 Å². The van der Waals surface area contributed by atoms with Crippen molar-refractivity contribution in [1.82, 2.24) is 0 Å². The predicted molar refractivity (Wildman–Crippen MR) is 87.3 cm³/mol. The normalized spacial score (nSPS) is 10.4. The second-order valence-electron chi connectivity index (χ2n) is 5.04. The molecule has 3 heteroatoms. The summed E-state index contributed by atoms with van der Waals surface area (Å²) in [4.78, 5) is 0. The Morgan fingerprint density at radius 3 is 2.23 bits per heavy atom. The molecule has 2 nitrogen and oxygen atoms in total. The topological polar surface area (TPSA) is 32.3 Å². The molecule has 0 bridgehead atoms. The second kappa shape index (κ2) is 6.31. The van der Waals surface area contributed by atoms with Crippen LogP contribution in [0.3, 0.4) is 0 Å². The third-order valence-corrected chi connectivity index (χ3v) is 3.54. The molecule has 0 aliphatic heterocycles. The molecule has 0 aliphatic carbocycles. The Morgan fingerprint density at radius 1 is 0.818 bits per heavy atom. The van der Waals surface area contributed by atoms with Crippen LogP contribution in [0.15, 0.2) is 72.8 Å². The van der Waals surface area contributed by atoms with Crippen LogP contribution in [0.1, 0.15) is 5.56 Å². The van der Waals surface area contributed by atoms with E-state index < -0.39 is 0 Å².